The number of likely N-dealkylation sites (tertiary alicyclic amines) is 1. The van der Waals surface area contributed by atoms with Crippen molar-refractivity contribution in [3.8, 4) is 0 Å². The minimum absolute atomic E-state index is 0.0476. The lowest BCUT2D eigenvalue weighted by Crippen LogP contribution is -2.42. The van der Waals surface area contributed by atoms with Gasteiger partial charge in [-0.3, -0.25) is 9.59 Å². The van der Waals surface area contributed by atoms with Crippen LogP contribution in [0.25, 0.3) is 0 Å². The molecule has 0 aromatic heterocycles. The second kappa shape index (κ2) is 6.48. The molecule has 92 valence electrons. The van der Waals surface area contributed by atoms with Crippen molar-refractivity contribution in [2.75, 3.05) is 26.7 Å². The van der Waals surface area contributed by atoms with Crippen molar-refractivity contribution in [2.24, 2.45) is 0 Å². The topological polar surface area (TPSA) is 61.4 Å². The molecule has 0 aliphatic carbocycles. The maximum atomic E-state index is 11.7. The second-order valence-corrected chi connectivity index (χ2v) is 4.13. The van der Waals surface area contributed by atoms with Crippen LogP contribution in [0.5, 0.6) is 0 Å². The standard InChI is InChI=1S/C11H21N3O2/c1-9(11(16)12-2)13-6-5-10(15)14-7-3-4-8-14/h9,13H,3-8H2,1-2H3,(H,12,16). The summed E-state index contributed by atoms with van der Waals surface area (Å²) in [6.07, 6.45) is 2.71. The summed E-state index contributed by atoms with van der Waals surface area (Å²) < 4.78 is 0. The van der Waals surface area contributed by atoms with Gasteiger partial charge in [-0.2, -0.15) is 0 Å². The summed E-state index contributed by atoms with van der Waals surface area (Å²) in [6.45, 7) is 4.14. The summed E-state index contributed by atoms with van der Waals surface area (Å²) in [6, 6.07) is -0.239. The van der Waals surface area contributed by atoms with Crippen molar-refractivity contribution < 1.29 is 9.59 Å². The lowest BCUT2D eigenvalue weighted by molar-refractivity contribution is -0.130. The number of carbonyl (C=O) groups is 2. The number of carbonyl (C=O) groups excluding carboxylic acids is 2. The molecular formula is C11H21N3O2. The van der Waals surface area contributed by atoms with Gasteiger partial charge in [-0.05, 0) is 19.8 Å². The summed E-state index contributed by atoms with van der Waals surface area (Å²) in [5.41, 5.74) is 0. The molecule has 5 nitrogen and oxygen atoms in total. The molecule has 0 aromatic rings. The second-order valence-electron chi connectivity index (χ2n) is 4.13. The van der Waals surface area contributed by atoms with Crippen molar-refractivity contribution in [1.82, 2.24) is 15.5 Å². The van der Waals surface area contributed by atoms with E-state index in [-0.39, 0.29) is 17.9 Å². The molecule has 0 bridgehead atoms. The van der Waals surface area contributed by atoms with E-state index in [1.807, 2.05) is 4.90 Å². The van der Waals surface area contributed by atoms with Crippen LogP contribution in [0, 0.1) is 0 Å². The Bertz CT molecular complexity index is 250. The van der Waals surface area contributed by atoms with Gasteiger partial charge < -0.3 is 15.5 Å². The lowest BCUT2D eigenvalue weighted by atomic mass is 10.3. The van der Waals surface area contributed by atoms with Crippen LogP contribution in [0.4, 0.5) is 0 Å². The van der Waals surface area contributed by atoms with Gasteiger partial charge in [-0.25, -0.2) is 0 Å². The minimum atomic E-state index is -0.239. The molecule has 0 aromatic carbocycles. The van der Waals surface area contributed by atoms with Gasteiger partial charge in [0.05, 0.1) is 6.04 Å². The van der Waals surface area contributed by atoms with E-state index in [4.69, 9.17) is 0 Å². The number of likely N-dealkylation sites (N-methyl/N-ethyl adjacent to an activating group) is 1. The molecule has 1 atom stereocenters. The predicted molar refractivity (Wildman–Crippen MR) is 62.0 cm³/mol. The van der Waals surface area contributed by atoms with Crippen LogP contribution in [0.3, 0.4) is 0 Å². The zero-order valence-corrected chi connectivity index (χ0v) is 10.1. The van der Waals surface area contributed by atoms with Crippen molar-refractivity contribution in [2.45, 2.75) is 32.2 Å². The molecule has 5 heteroatoms. The summed E-state index contributed by atoms with van der Waals surface area (Å²) in [4.78, 5) is 24.7. The van der Waals surface area contributed by atoms with Crippen molar-refractivity contribution in [3.05, 3.63) is 0 Å². The Labute approximate surface area is 96.6 Å². The summed E-state index contributed by atoms with van der Waals surface area (Å²) >= 11 is 0. The molecule has 1 fully saturated rings. The van der Waals surface area contributed by atoms with Gasteiger partial charge in [-0.15, -0.1) is 0 Å². The Kier molecular flexibility index (Phi) is 5.25. The molecule has 0 radical (unpaired) electrons. The first-order valence-electron chi connectivity index (χ1n) is 5.88. The number of hydrogen-bond donors (Lipinski definition) is 2. The monoisotopic (exact) mass is 227 g/mol. The van der Waals surface area contributed by atoms with E-state index in [0.29, 0.717) is 13.0 Å². The molecule has 1 saturated heterocycles. The van der Waals surface area contributed by atoms with Crippen LogP contribution in [-0.2, 0) is 9.59 Å². The minimum Gasteiger partial charge on any atom is -0.358 e. The molecule has 1 aliphatic heterocycles. The zero-order chi connectivity index (χ0) is 12.0. The van der Waals surface area contributed by atoms with Crippen molar-refractivity contribution >= 4 is 11.8 Å². The third kappa shape index (κ3) is 3.81. The lowest BCUT2D eigenvalue weighted by Gasteiger charge is -2.16. The van der Waals surface area contributed by atoms with E-state index < -0.39 is 0 Å². The maximum Gasteiger partial charge on any atom is 0.236 e. The first-order chi connectivity index (χ1) is 7.65. The van der Waals surface area contributed by atoms with Gasteiger partial charge in [0.2, 0.25) is 11.8 Å². The van der Waals surface area contributed by atoms with Crippen molar-refractivity contribution in [1.29, 1.82) is 0 Å². The highest BCUT2D eigenvalue weighted by molar-refractivity contribution is 5.81. The number of hydrogen-bond acceptors (Lipinski definition) is 3. The Morgan fingerprint density at radius 2 is 1.94 bits per heavy atom. The highest BCUT2D eigenvalue weighted by Gasteiger charge is 2.17. The van der Waals surface area contributed by atoms with Crippen LogP contribution in [0.2, 0.25) is 0 Å². The van der Waals surface area contributed by atoms with Crippen molar-refractivity contribution in [3.63, 3.8) is 0 Å². The fourth-order valence-electron chi connectivity index (χ4n) is 1.83. The van der Waals surface area contributed by atoms with Crippen LogP contribution in [-0.4, -0.2) is 49.4 Å². The molecule has 0 spiro atoms. The summed E-state index contributed by atoms with van der Waals surface area (Å²) in [5.74, 6) is 0.141. The van der Waals surface area contributed by atoms with E-state index in [9.17, 15) is 9.59 Å². The quantitative estimate of drug-likeness (QED) is 0.679. The smallest absolute Gasteiger partial charge is 0.236 e. The molecule has 1 rings (SSSR count). The molecule has 1 aliphatic rings. The third-order valence-electron chi connectivity index (χ3n) is 2.89. The Balaban J connectivity index is 2.14. The summed E-state index contributed by atoms with van der Waals surface area (Å²) in [7, 11) is 1.61. The van der Waals surface area contributed by atoms with E-state index >= 15 is 0 Å². The summed E-state index contributed by atoms with van der Waals surface area (Å²) in [5, 5.41) is 5.59. The Morgan fingerprint density at radius 1 is 1.31 bits per heavy atom. The number of nitrogens with one attached hydrogen (secondary N) is 2. The molecule has 1 heterocycles. The first kappa shape index (κ1) is 13.0. The van der Waals surface area contributed by atoms with Crippen LogP contribution < -0.4 is 10.6 Å². The van der Waals surface area contributed by atoms with E-state index in [0.717, 1.165) is 25.9 Å². The predicted octanol–water partition coefficient (Wildman–Crippen LogP) is -0.277. The van der Waals surface area contributed by atoms with Crippen LogP contribution in [0.15, 0.2) is 0 Å². The van der Waals surface area contributed by atoms with Crippen LogP contribution in [0.1, 0.15) is 26.2 Å². The Hall–Kier alpha value is -1.10. The fraction of sp³-hybridized carbons (Fsp3) is 0.818. The fourth-order valence-corrected chi connectivity index (χ4v) is 1.83. The number of amides is 2. The highest BCUT2D eigenvalue weighted by atomic mass is 16.2. The number of rotatable bonds is 5. The highest BCUT2D eigenvalue weighted by Crippen LogP contribution is 2.08. The largest absolute Gasteiger partial charge is 0.358 e. The molecule has 16 heavy (non-hydrogen) atoms. The molecular weight excluding hydrogens is 206 g/mol. The molecule has 2 N–H and O–H groups in total. The zero-order valence-electron chi connectivity index (χ0n) is 10.1. The van der Waals surface area contributed by atoms with Gasteiger partial charge in [0, 0.05) is 33.1 Å². The molecule has 2 amide bonds. The molecule has 0 saturated carbocycles. The SMILES string of the molecule is CNC(=O)C(C)NCCC(=O)N1CCCC1. The van der Waals surface area contributed by atoms with E-state index in [1.165, 1.54) is 0 Å². The van der Waals surface area contributed by atoms with Gasteiger partial charge in [-0.1, -0.05) is 0 Å². The van der Waals surface area contributed by atoms with Gasteiger partial charge in [0.15, 0.2) is 0 Å². The van der Waals surface area contributed by atoms with Gasteiger partial charge in [0.1, 0.15) is 0 Å². The molecule has 1 unspecified atom stereocenters. The normalized spacial score (nSPS) is 17.2. The Morgan fingerprint density at radius 3 is 2.50 bits per heavy atom. The van der Waals surface area contributed by atoms with E-state index in [2.05, 4.69) is 10.6 Å². The van der Waals surface area contributed by atoms with Gasteiger partial charge in [0.25, 0.3) is 0 Å². The number of nitrogens with zero attached hydrogens (tertiary/aromatic N) is 1. The maximum absolute atomic E-state index is 11.7. The third-order valence-corrected chi connectivity index (χ3v) is 2.89. The van der Waals surface area contributed by atoms with Crippen LogP contribution >= 0.6 is 0 Å². The van der Waals surface area contributed by atoms with Gasteiger partial charge >= 0.3 is 0 Å². The first-order valence-corrected chi connectivity index (χ1v) is 5.88. The average Bonchev–Trinajstić information content (AvgIpc) is 2.81. The van der Waals surface area contributed by atoms with E-state index in [1.54, 1.807) is 14.0 Å². The average molecular weight is 227 g/mol.